The van der Waals surface area contributed by atoms with E-state index in [4.69, 9.17) is 0 Å². The SMILES string of the molecule is CCC(C)Sc1nc2sccn2c1C=O. The number of imidazole rings is 1. The molecule has 0 spiro atoms. The summed E-state index contributed by atoms with van der Waals surface area (Å²) in [5, 5.41) is 3.28. The van der Waals surface area contributed by atoms with E-state index in [9.17, 15) is 4.79 Å². The molecule has 1 unspecified atom stereocenters. The van der Waals surface area contributed by atoms with Crippen LogP contribution in [-0.2, 0) is 0 Å². The number of thiazole rings is 1. The van der Waals surface area contributed by atoms with Crippen LogP contribution in [0.4, 0.5) is 0 Å². The van der Waals surface area contributed by atoms with Crippen molar-refractivity contribution in [3.63, 3.8) is 0 Å². The first-order valence-corrected chi connectivity index (χ1v) is 6.59. The van der Waals surface area contributed by atoms with Crippen molar-refractivity contribution in [3.05, 3.63) is 17.3 Å². The highest BCUT2D eigenvalue weighted by atomic mass is 32.2. The maximum Gasteiger partial charge on any atom is 0.195 e. The largest absolute Gasteiger partial charge is 0.296 e. The molecule has 1 atom stereocenters. The third kappa shape index (κ3) is 1.94. The highest BCUT2D eigenvalue weighted by molar-refractivity contribution is 7.99. The quantitative estimate of drug-likeness (QED) is 0.608. The van der Waals surface area contributed by atoms with Crippen LogP contribution in [-0.4, -0.2) is 20.9 Å². The first-order valence-electron chi connectivity index (χ1n) is 4.83. The predicted molar refractivity (Wildman–Crippen MR) is 64.1 cm³/mol. The molecule has 0 fully saturated rings. The van der Waals surface area contributed by atoms with Gasteiger partial charge in [-0.2, -0.15) is 0 Å². The molecule has 2 rings (SSSR count). The number of carbonyl (C=O) groups is 1. The van der Waals surface area contributed by atoms with Gasteiger partial charge >= 0.3 is 0 Å². The highest BCUT2D eigenvalue weighted by Gasteiger charge is 2.14. The molecule has 0 aromatic carbocycles. The summed E-state index contributed by atoms with van der Waals surface area (Å²) in [6.45, 7) is 4.28. The van der Waals surface area contributed by atoms with Crippen molar-refractivity contribution in [2.75, 3.05) is 0 Å². The molecule has 0 saturated carbocycles. The zero-order valence-corrected chi connectivity index (χ0v) is 10.3. The van der Waals surface area contributed by atoms with Crippen molar-refractivity contribution < 1.29 is 4.79 Å². The lowest BCUT2D eigenvalue weighted by molar-refractivity contribution is 0.111. The minimum absolute atomic E-state index is 0.494. The van der Waals surface area contributed by atoms with Gasteiger partial charge in [0.1, 0.15) is 10.7 Å². The van der Waals surface area contributed by atoms with Gasteiger partial charge in [-0.05, 0) is 6.42 Å². The van der Waals surface area contributed by atoms with E-state index >= 15 is 0 Å². The second-order valence-corrected chi connectivity index (χ2v) is 5.61. The fraction of sp³-hybridized carbons (Fsp3) is 0.400. The number of hydrogen-bond acceptors (Lipinski definition) is 4. The van der Waals surface area contributed by atoms with Crippen molar-refractivity contribution in [1.82, 2.24) is 9.38 Å². The summed E-state index contributed by atoms with van der Waals surface area (Å²) in [7, 11) is 0. The van der Waals surface area contributed by atoms with E-state index in [1.54, 1.807) is 23.1 Å². The number of fused-ring (bicyclic) bond motifs is 1. The molecule has 0 N–H and O–H groups in total. The number of aromatic nitrogens is 2. The molecule has 15 heavy (non-hydrogen) atoms. The summed E-state index contributed by atoms with van der Waals surface area (Å²) in [4.78, 5) is 16.3. The number of rotatable bonds is 4. The van der Waals surface area contributed by atoms with Gasteiger partial charge in [0.25, 0.3) is 0 Å². The summed E-state index contributed by atoms with van der Waals surface area (Å²) in [5.41, 5.74) is 0.677. The summed E-state index contributed by atoms with van der Waals surface area (Å²) in [6.07, 6.45) is 3.85. The molecule has 2 heterocycles. The van der Waals surface area contributed by atoms with Gasteiger partial charge in [-0.3, -0.25) is 9.20 Å². The van der Waals surface area contributed by atoms with E-state index in [1.165, 1.54) is 0 Å². The van der Waals surface area contributed by atoms with Crippen molar-refractivity contribution >= 4 is 34.3 Å². The van der Waals surface area contributed by atoms with Crippen LogP contribution in [0.25, 0.3) is 4.96 Å². The molecule has 0 saturated heterocycles. The molecule has 0 aliphatic carbocycles. The first kappa shape index (κ1) is 10.7. The zero-order chi connectivity index (χ0) is 10.8. The molecular weight excluding hydrogens is 228 g/mol. The Morgan fingerprint density at radius 3 is 3.20 bits per heavy atom. The third-order valence-corrected chi connectivity index (χ3v) is 4.28. The fourth-order valence-corrected chi connectivity index (χ4v) is 2.98. The minimum atomic E-state index is 0.494. The topological polar surface area (TPSA) is 34.4 Å². The second kappa shape index (κ2) is 4.37. The van der Waals surface area contributed by atoms with Gasteiger partial charge in [0.05, 0.1) is 0 Å². The van der Waals surface area contributed by atoms with Crippen LogP contribution in [0, 0.1) is 0 Å². The number of hydrogen-bond donors (Lipinski definition) is 0. The minimum Gasteiger partial charge on any atom is -0.296 e. The number of aldehydes is 1. The molecule has 0 aliphatic rings. The van der Waals surface area contributed by atoms with Gasteiger partial charge in [-0.15, -0.1) is 23.1 Å². The highest BCUT2D eigenvalue weighted by Crippen LogP contribution is 2.28. The van der Waals surface area contributed by atoms with Gasteiger partial charge < -0.3 is 0 Å². The number of carbonyl (C=O) groups excluding carboxylic acids is 1. The first-order chi connectivity index (χ1) is 7.26. The maximum absolute atomic E-state index is 11.0. The Hall–Kier alpha value is -0.810. The van der Waals surface area contributed by atoms with Gasteiger partial charge in [0.2, 0.25) is 0 Å². The molecule has 5 heteroatoms. The molecule has 2 aromatic heterocycles. The van der Waals surface area contributed by atoms with Crippen LogP contribution in [0.15, 0.2) is 16.6 Å². The van der Waals surface area contributed by atoms with Crippen molar-refractivity contribution in [1.29, 1.82) is 0 Å². The Balaban J connectivity index is 2.41. The lowest BCUT2D eigenvalue weighted by Crippen LogP contribution is -1.95. The lowest BCUT2D eigenvalue weighted by Gasteiger charge is -2.04. The Morgan fingerprint density at radius 2 is 2.53 bits per heavy atom. The van der Waals surface area contributed by atoms with Crippen molar-refractivity contribution in [2.24, 2.45) is 0 Å². The van der Waals surface area contributed by atoms with Crippen LogP contribution in [0.3, 0.4) is 0 Å². The van der Waals surface area contributed by atoms with E-state index in [0.717, 1.165) is 22.7 Å². The van der Waals surface area contributed by atoms with Crippen molar-refractivity contribution in [2.45, 2.75) is 30.5 Å². The number of thioether (sulfide) groups is 1. The van der Waals surface area contributed by atoms with Gasteiger partial charge in [-0.1, -0.05) is 13.8 Å². The van der Waals surface area contributed by atoms with Gasteiger partial charge in [0.15, 0.2) is 11.2 Å². The summed E-state index contributed by atoms with van der Waals surface area (Å²) < 4.78 is 1.85. The smallest absolute Gasteiger partial charge is 0.195 e. The molecule has 0 amide bonds. The normalized spacial score (nSPS) is 13.2. The van der Waals surface area contributed by atoms with E-state index in [0.29, 0.717) is 10.9 Å². The van der Waals surface area contributed by atoms with E-state index < -0.39 is 0 Å². The molecule has 0 radical (unpaired) electrons. The van der Waals surface area contributed by atoms with Gasteiger partial charge in [0, 0.05) is 16.8 Å². The average Bonchev–Trinajstić information content (AvgIpc) is 2.77. The monoisotopic (exact) mass is 240 g/mol. The predicted octanol–water partition coefficient (Wildman–Crippen LogP) is 3.10. The Morgan fingerprint density at radius 1 is 1.73 bits per heavy atom. The summed E-state index contributed by atoms with van der Waals surface area (Å²) in [6, 6.07) is 0. The second-order valence-electron chi connectivity index (χ2n) is 3.31. The van der Waals surface area contributed by atoms with Crippen LogP contribution < -0.4 is 0 Å². The molecule has 2 aromatic rings. The molecule has 0 aliphatic heterocycles. The summed E-state index contributed by atoms with van der Waals surface area (Å²) in [5.74, 6) is 0. The summed E-state index contributed by atoms with van der Waals surface area (Å²) >= 11 is 3.22. The van der Waals surface area contributed by atoms with Crippen LogP contribution in [0.2, 0.25) is 0 Å². The fourth-order valence-electron chi connectivity index (χ4n) is 1.25. The van der Waals surface area contributed by atoms with Gasteiger partial charge in [-0.25, -0.2) is 4.98 Å². The molecular formula is C10H12N2OS2. The molecule has 80 valence electrons. The van der Waals surface area contributed by atoms with E-state index in [-0.39, 0.29) is 0 Å². The molecule has 0 bridgehead atoms. The average molecular weight is 240 g/mol. The Labute approximate surface area is 96.5 Å². The van der Waals surface area contributed by atoms with E-state index in [1.807, 2.05) is 16.0 Å². The van der Waals surface area contributed by atoms with Crippen LogP contribution in [0.5, 0.6) is 0 Å². The van der Waals surface area contributed by atoms with Crippen molar-refractivity contribution in [3.8, 4) is 0 Å². The standard InChI is InChI=1S/C10H12N2OS2/c1-3-7(2)15-9-8(6-13)12-4-5-14-10(12)11-9/h4-7H,3H2,1-2H3. The maximum atomic E-state index is 11.0. The Kier molecular flexibility index (Phi) is 3.11. The molecule has 3 nitrogen and oxygen atoms in total. The zero-order valence-electron chi connectivity index (χ0n) is 8.64. The Bertz CT molecular complexity index is 475. The van der Waals surface area contributed by atoms with E-state index in [2.05, 4.69) is 18.8 Å². The third-order valence-electron chi connectivity index (χ3n) is 2.26. The van der Waals surface area contributed by atoms with Crippen LogP contribution >= 0.6 is 23.1 Å². The number of nitrogens with zero attached hydrogens (tertiary/aromatic N) is 2. The lowest BCUT2D eigenvalue weighted by atomic mass is 10.4. The van der Waals surface area contributed by atoms with Crippen LogP contribution in [0.1, 0.15) is 30.8 Å².